The maximum atomic E-state index is 2.45. The summed E-state index contributed by atoms with van der Waals surface area (Å²) in [7, 11) is 0. The summed E-state index contributed by atoms with van der Waals surface area (Å²) in [6.45, 7) is 0. The lowest BCUT2D eigenvalue weighted by Gasteiger charge is -2.08. The Balaban J connectivity index is 1.46. The van der Waals surface area contributed by atoms with Crippen LogP contribution in [0.25, 0.3) is 75.2 Å². The number of hydrogen-bond acceptors (Lipinski definition) is 1. The third-order valence-corrected chi connectivity index (χ3v) is 9.27. The van der Waals surface area contributed by atoms with E-state index >= 15 is 0 Å². The van der Waals surface area contributed by atoms with Crippen LogP contribution in [0.5, 0.6) is 0 Å². The van der Waals surface area contributed by atoms with Gasteiger partial charge in [0.25, 0.3) is 0 Å². The molecule has 9 aromatic rings. The van der Waals surface area contributed by atoms with Crippen molar-refractivity contribution in [2.75, 3.05) is 0 Å². The molecule has 0 N–H and O–H groups in total. The average molecular weight is 515 g/mol. The van der Waals surface area contributed by atoms with E-state index in [1.807, 2.05) is 11.3 Å². The van der Waals surface area contributed by atoms with Crippen LogP contribution in [0.1, 0.15) is 0 Å². The van der Waals surface area contributed by atoms with Crippen molar-refractivity contribution in [3.8, 4) is 11.4 Å². The van der Waals surface area contributed by atoms with Gasteiger partial charge in [0.2, 0.25) is 0 Å². The molecule has 182 valence electrons. The van der Waals surface area contributed by atoms with Gasteiger partial charge >= 0.3 is 0 Å². The molecule has 9 rings (SSSR count). The molecule has 0 bridgehead atoms. The van der Waals surface area contributed by atoms with Crippen LogP contribution in [-0.2, 0) is 0 Å². The van der Waals surface area contributed by atoms with Crippen molar-refractivity contribution in [2.24, 2.45) is 0 Å². The van der Waals surface area contributed by atoms with Crippen LogP contribution in [0.3, 0.4) is 0 Å². The van der Waals surface area contributed by atoms with Crippen molar-refractivity contribution in [1.29, 1.82) is 0 Å². The molecule has 0 aliphatic heterocycles. The highest BCUT2D eigenvalue weighted by molar-refractivity contribution is 7.26. The third-order valence-electron chi connectivity index (χ3n) is 8.10. The SMILES string of the molecule is c1ccc(-n2c3ccccc3c3cc4sc5c(ccc6c7ccccc7n(-c7ccccc7)c65)c4cc32)cc1. The Morgan fingerprint density at radius 2 is 0.949 bits per heavy atom. The molecule has 0 amide bonds. The van der Waals surface area contributed by atoms with Crippen LogP contribution in [0.2, 0.25) is 0 Å². The fourth-order valence-corrected chi connectivity index (χ4v) is 7.70. The lowest BCUT2D eigenvalue weighted by atomic mass is 10.1. The first-order chi connectivity index (χ1) is 19.4. The highest BCUT2D eigenvalue weighted by atomic mass is 32.1. The maximum absolute atomic E-state index is 2.45. The van der Waals surface area contributed by atoms with Gasteiger partial charge in [0.1, 0.15) is 0 Å². The highest BCUT2D eigenvalue weighted by Gasteiger charge is 2.19. The highest BCUT2D eigenvalue weighted by Crippen LogP contribution is 2.45. The molecule has 6 aromatic carbocycles. The van der Waals surface area contributed by atoms with E-state index in [-0.39, 0.29) is 0 Å². The number of rotatable bonds is 2. The number of para-hydroxylation sites is 4. The molecular weight excluding hydrogens is 492 g/mol. The van der Waals surface area contributed by atoms with Crippen LogP contribution in [-0.4, -0.2) is 9.13 Å². The summed E-state index contributed by atoms with van der Waals surface area (Å²) in [5, 5.41) is 7.82. The second-order valence-corrected chi connectivity index (χ2v) is 11.2. The fourth-order valence-electron chi connectivity index (χ4n) is 6.44. The van der Waals surface area contributed by atoms with Crippen molar-refractivity contribution in [2.45, 2.75) is 0 Å². The summed E-state index contributed by atoms with van der Waals surface area (Å²) in [4.78, 5) is 0. The van der Waals surface area contributed by atoms with Crippen LogP contribution in [0.15, 0.2) is 133 Å². The first-order valence-corrected chi connectivity index (χ1v) is 14.1. The second kappa shape index (κ2) is 7.83. The van der Waals surface area contributed by atoms with Crippen molar-refractivity contribution < 1.29 is 0 Å². The number of nitrogens with zero attached hydrogens (tertiary/aromatic N) is 2. The van der Waals surface area contributed by atoms with Gasteiger partial charge in [-0.1, -0.05) is 84.9 Å². The normalized spacial score (nSPS) is 12.1. The predicted molar refractivity (Wildman–Crippen MR) is 168 cm³/mol. The topological polar surface area (TPSA) is 9.86 Å². The molecule has 3 heterocycles. The van der Waals surface area contributed by atoms with Gasteiger partial charge < -0.3 is 9.13 Å². The van der Waals surface area contributed by atoms with Crippen molar-refractivity contribution >= 4 is 75.1 Å². The van der Waals surface area contributed by atoms with Crippen LogP contribution in [0.4, 0.5) is 0 Å². The molecule has 0 aliphatic rings. The van der Waals surface area contributed by atoms with Crippen molar-refractivity contribution in [3.63, 3.8) is 0 Å². The van der Waals surface area contributed by atoms with E-state index in [4.69, 9.17) is 0 Å². The third kappa shape index (κ3) is 2.85. The van der Waals surface area contributed by atoms with Gasteiger partial charge in [-0.3, -0.25) is 0 Å². The summed E-state index contributed by atoms with van der Waals surface area (Å²) >= 11 is 1.91. The standard InChI is InChI=1S/C36H22N2S/c1-3-11-23(12-4-1)37-31-17-9-8-16-26(31)29-22-34-30(21-33(29)37)28-20-19-27-25-15-7-10-18-32(25)38(35(27)36(28)39-34)24-13-5-2-6-14-24/h1-22H. The maximum Gasteiger partial charge on any atom is 0.0719 e. The van der Waals surface area contributed by atoms with Gasteiger partial charge in [0.05, 0.1) is 26.8 Å². The van der Waals surface area contributed by atoms with E-state index in [2.05, 4.69) is 143 Å². The minimum absolute atomic E-state index is 1.19. The van der Waals surface area contributed by atoms with Gasteiger partial charge in [-0.05, 0) is 48.5 Å². The molecule has 0 atom stereocenters. The molecule has 0 saturated heterocycles. The average Bonchev–Trinajstić information content (AvgIpc) is 3.64. The second-order valence-electron chi connectivity index (χ2n) is 10.2. The Labute approximate surface area is 228 Å². The van der Waals surface area contributed by atoms with E-state index in [1.165, 1.54) is 75.2 Å². The molecular formula is C36H22N2S. The van der Waals surface area contributed by atoms with Crippen molar-refractivity contribution in [1.82, 2.24) is 9.13 Å². The number of benzene rings is 6. The summed E-state index contributed by atoms with van der Waals surface area (Å²) < 4.78 is 7.52. The molecule has 0 aliphatic carbocycles. The number of fused-ring (bicyclic) bond motifs is 10. The van der Waals surface area contributed by atoms with Crippen LogP contribution >= 0.6 is 11.3 Å². The Morgan fingerprint density at radius 3 is 1.67 bits per heavy atom. The molecule has 3 heteroatoms. The molecule has 2 nitrogen and oxygen atoms in total. The minimum atomic E-state index is 1.19. The predicted octanol–water partition coefficient (Wildman–Crippen LogP) is 10.2. The first kappa shape index (κ1) is 21.1. The van der Waals surface area contributed by atoms with Gasteiger partial charge in [-0.25, -0.2) is 0 Å². The lowest BCUT2D eigenvalue weighted by molar-refractivity contribution is 1.18. The quantitative estimate of drug-likeness (QED) is 0.217. The molecule has 39 heavy (non-hydrogen) atoms. The number of hydrogen-bond donors (Lipinski definition) is 0. The van der Waals surface area contributed by atoms with E-state index in [9.17, 15) is 0 Å². The van der Waals surface area contributed by atoms with E-state index < -0.39 is 0 Å². The lowest BCUT2D eigenvalue weighted by Crippen LogP contribution is -1.93. The molecule has 0 unspecified atom stereocenters. The largest absolute Gasteiger partial charge is 0.309 e. The Hall–Kier alpha value is -4.86. The smallest absolute Gasteiger partial charge is 0.0719 e. The monoisotopic (exact) mass is 514 g/mol. The molecule has 0 radical (unpaired) electrons. The van der Waals surface area contributed by atoms with Crippen LogP contribution < -0.4 is 0 Å². The van der Waals surface area contributed by atoms with E-state index in [0.717, 1.165) is 0 Å². The molecule has 0 fully saturated rings. The zero-order valence-electron chi connectivity index (χ0n) is 21.0. The first-order valence-electron chi connectivity index (χ1n) is 13.3. The zero-order chi connectivity index (χ0) is 25.5. The Bertz CT molecular complexity index is 2370. The van der Waals surface area contributed by atoms with Gasteiger partial charge in [0, 0.05) is 48.4 Å². The Kier molecular flexibility index (Phi) is 4.24. The van der Waals surface area contributed by atoms with Gasteiger partial charge in [-0.15, -0.1) is 11.3 Å². The van der Waals surface area contributed by atoms with Gasteiger partial charge in [0.15, 0.2) is 0 Å². The Morgan fingerprint density at radius 1 is 0.385 bits per heavy atom. The number of aromatic nitrogens is 2. The summed E-state index contributed by atoms with van der Waals surface area (Å²) in [5.41, 5.74) is 7.41. The van der Waals surface area contributed by atoms with Crippen molar-refractivity contribution in [3.05, 3.63) is 133 Å². The number of thiophene rings is 1. The molecule has 0 spiro atoms. The summed E-state index contributed by atoms with van der Waals surface area (Å²) in [6, 6.07) is 48.5. The molecule has 3 aromatic heterocycles. The van der Waals surface area contributed by atoms with Gasteiger partial charge in [-0.2, -0.15) is 0 Å². The zero-order valence-corrected chi connectivity index (χ0v) is 21.8. The molecule has 0 saturated carbocycles. The summed E-state index contributed by atoms with van der Waals surface area (Å²) in [5.74, 6) is 0. The van der Waals surface area contributed by atoms with E-state index in [0.29, 0.717) is 0 Å². The van der Waals surface area contributed by atoms with E-state index in [1.54, 1.807) is 0 Å². The summed E-state index contributed by atoms with van der Waals surface area (Å²) in [6.07, 6.45) is 0. The minimum Gasteiger partial charge on any atom is -0.309 e. The fraction of sp³-hybridized carbons (Fsp3) is 0. The van der Waals surface area contributed by atoms with Crippen LogP contribution in [0, 0.1) is 0 Å².